The van der Waals surface area contributed by atoms with E-state index in [9.17, 15) is 24.0 Å². The van der Waals surface area contributed by atoms with E-state index < -0.39 is 94.7 Å². The smallest absolute Gasteiger partial charge is 0.312 e. The lowest BCUT2D eigenvalue weighted by Crippen LogP contribution is -2.75. The van der Waals surface area contributed by atoms with Gasteiger partial charge in [-0.15, -0.1) is 11.6 Å². The predicted octanol–water partition coefficient (Wildman–Crippen LogP) is 2.56. The molecule has 40 heavy (non-hydrogen) atoms. The van der Waals surface area contributed by atoms with Crippen LogP contribution < -0.4 is 0 Å². The number of hydrogen-bond acceptors (Lipinski definition) is 11. The Hall–Kier alpha value is -2.92. The highest BCUT2D eigenvalue weighted by Crippen LogP contribution is 2.61. The van der Waals surface area contributed by atoms with Crippen molar-refractivity contribution in [3.8, 4) is 0 Å². The van der Waals surface area contributed by atoms with Crippen molar-refractivity contribution in [2.75, 3.05) is 0 Å². The summed E-state index contributed by atoms with van der Waals surface area (Å²) >= 11 is 6.89. The monoisotopic (exact) mass is 582 g/mol. The first kappa shape index (κ1) is 30.0. The van der Waals surface area contributed by atoms with Gasteiger partial charge in [0, 0.05) is 33.6 Å². The van der Waals surface area contributed by atoms with Gasteiger partial charge in [0.1, 0.15) is 18.3 Å². The highest BCUT2D eigenvalue weighted by atomic mass is 35.5. The van der Waals surface area contributed by atoms with E-state index in [4.69, 9.17) is 40.0 Å². The van der Waals surface area contributed by atoms with E-state index in [1.165, 1.54) is 27.7 Å². The molecule has 4 fully saturated rings. The van der Waals surface area contributed by atoms with Crippen molar-refractivity contribution in [1.82, 2.24) is 0 Å². The van der Waals surface area contributed by atoms with Crippen LogP contribution in [0.5, 0.6) is 0 Å². The molecule has 0 amide bonds. The first-order valence-electron chi connectivity index (χ1n) is 13.1. The zero-order valence-electron chi connectivity index (χ0n) is 23.4. The summed E-state index contributed by atoms with van der Waals surface area (Å²) in [5.74, 6) is -5.30. The van der Waals surface area contributed by atoms with E-state index in [0.29, 0.717) is 12.0 Å². The van der Waals surface area contributed by atoms with E-state index in [-0.39, 0.29) is 12.0 Å². The molecular weight excluding hydrogens is 548 g/mol. The van der Waals surface area contributed by atoms with Crippen LogP contribution in [0.2, 0.25) is 0 Å². The number of hydrogen-bond donors (Lipinski definition) is 0. The highest BCUT2D eigenvalue weighted by molar-refractivity contribution is 6.23. The van der Waals surface area contributed by atoms with Crippen molar-refractivity contribution < 1.29 is 52.4 Å². The third-order valence-corrected chi connectivity index (χ3v) is 9.23. The maximum Gasteiger partial charge on any atom is 0.312 e. The summed E-state index contributed by atoms with van der Waals surface area (Å²) in [5, 5.41) is -1.05. The molecule has 1 aliphatic carbocycles. The Balaban J connectivity index is 2.11. The standard InChI is InChI=1S/C28H35ClO11/c1-11-9-10-18(35-14(4)30)27(8)19(11)23(37-16(6)32)28-13(3)26(34)39-24(28)20(29)12(2)21(40-28)22(36-15(5)31)25(27)38-17(7)33/h13,18-25H,1-2,9-10H2,3-8H3/t13-,18+,19-,20+,21-,22-,23-,24+,25+,27+,28-/m1/s1. The molecule has 4 rings (SSSR count). The quantitative estimate of drug-likeness (QED) is 0.209. The number of rotatable bonds is 4. The molecule has 11 nitrogen and oxygen atoms in total. The summed E-state index contributed by atoms with van der Waals surface area (Å²) in [7, 11) is 0. The molecule has 12 heteroatoms. The molecule has 0 aromatic carbocycles. The maximum absolute atomic E-state index is 13.1. The SMILES string of the molecule is C=C1CC[C@H](OC(C)=O)[C@@]2(C)[C@H]1[C@@H](OC(C)=O)[C@@]13O[C@H](C(=C)[C@H](Cl)[C@@H]1OC(=O)[C@H]3C)[C@@H](OC(C)=O)[C@@H]2OC(C)=O. The molecular formula is C28H35ClO11. The summed E-state index contributed by atoms with van der Waals surface area (Å²) in [4.78, 5) is 63.2. The van der Waals surface area contributed by atoms with Crippen LogP contribution in [-0.2, 0) is 52.4 Å². The minimum absolute atomic E-state index is 0.204. The van der Waals surface area contributed by atoms with Gasteiger partial charge in [-0.3, -0.25) is 24.0 Å². The van der Waals surface area contributed by atoms with Crippen molar-refractivity contribution in [1.29, 1.82) is 0 Å². The van der Waals surface area contributed by atoms with Gasteiger partial charge in [-0.05, 0) is 25.3 Å². The van der Waals surface area contributed by atoms with E-state index in [0.717, 1.165) is 0 Å². The zero-order chi connectivity index (χ0) is 29.9. The molecule has 11 atom stereocenters. The second kappa shape index (κ2) is 10.5. The summed E-state index contributed by atoms with van der Waals surface area (Å²) in [6.45, 7) is 16.4. The number of alkyl halides is 1. The molecule has 0 unspecified atom stereocenters. The van der Waals surface area contributed by atoms with E-state index in [2.05, 4.69) is 13.2 Å². The van der Waals surface area contributed by atoms with Gasteiger partial charge >= 0.3 is 29.8 Å². The van der Waals surface area contributed by atoms with Gasteiger partial charge in [-0.1, -0.05) is 25.7 Å². The van der Waals surface area contributed by atoms with Gasteiger partial charge in [-0.25, -0.2) is 0 Å². The lowest BCUT2D eigenvalue weighted by atomic mass is 9.53. The lowest BCUT2D eigenvalue weighted by Gasteiger charge is -2.61. The van der Waals surface area contributed by atoms with Crippen LogP contribution in [0.3, 0.4) is 0 Å². The van der Waals surface area contributed by atoms with Gasteiger partial charge in [0.15, 0.2) is 23.9 Å². The summed E-state index contributed by atoms with van der Waals surface area (Å²) in [6.07, 6.45) is -6.58. The van der Waals surface area contributed by atoms with Crippen LogP contribution in [0.1, 0.15) is 54.4 Å². The average molecular weight is 583 g/mol. The molecule has 2 bridgehead atoms. The number of carbonyl (C=O) groups excluding carboxylic acids is 5. The Kier molecular flexibility index (Phi) is 7.87. The molecule has 3 heterocycles. The van der Waals surface area contributed by atoms with Crippen molar-refractivity contribution >= 4 is 41.4 Å². The largest absolute Gasteiger partial charge is 0.462 e. The maximum atomic E-state index is 13.1. The molecule has 220 valence electrons. The van der Waals surface area contributed by atoms with Crippen LogP contribution in [-0.4, -0.2) is 77.4 Å². The lowest BCUT2D eigenvalue weighted by molar-refractivity contribution is -0.294. The van der Waals surface area contributed by atoms with Crippen molar-refractivity contribution in [3.63, 3.8) is 0 Å². The van der Waals surface area contributed by atoms with Crippen LogP contribution in [0, 0.1) is 17.3 Å². The van der Waals surface area contributed by atoms with Crippen molar-refractivity contribution in [2.45, 2.75) is 102 Å². The van der Waals surface area contributed by atoms with Gasteiger partial charge in [-0.2, -0.15) is 0 Å². The third kappa shape index (κ3) is 4.51. The van der Waals surface area contributed by atoms with E-state index >= 15 is 0 Å². The number of esters is 5. The predicted molar refractivity (Wildman–Crippen MR) is 138 cm³/mol. The molecule has 0 aromatic heterocycles. The third-order valence-electron chi connectivity index (χ3n) is 8.72. The Morgan fingerprint density at radius 1 is 0.925 bits per heavy atom. The molecule has 1 saturated carbocycles. The Bertz CT molecular complexity index is 1160. The second-order valence-corrected chi connectivity index (χ2v) is 11.7. The Labute approximate surface area is 237 Å². The van der Waals surface area contributed by atoms with Gasteiger partial charge in [0.25, 0.3) is 0 Å². The number of fused-ring (bicyclic) bond motifs is 2. The molecule has 1 spiro atoms. The normalized spacial score (nSPS) is 42.3. The van der Waals surface area contributed by atoms with Gasteiger partial charge < -0.3 is 28.4 Å². The van der Waals surface area contributed by atoms with Gasteiger partial charge in [0.2, 0.25) is 0 Å². The topological polar surface area (TPSA) is 141 Å². The summed E-state index contributed by atoms with van der Waals surface area (Å²) in [5.41, 5.74) is -2.33. The fraction of sp³-hybridized carbons (Fsp3) is 0.679. The van der Waals surface area contributed by atoms with Crippen LogP contribution in [0.15, 0.2) is 24.3 Å². The van der Waals surface area contributed by atoms with Crippen LogP contribution >= 0.6 is 11.6 Å². The van der Waals surface area contributed by atoms with Crippen molar-refractivity contribution in [2.24, 2.45) is 17.3 Å². The average Bonchev–Trinajstić information content (AvgIpc) is 3.09. The highest BCUT2D eigenvalue weighted by Gasteiger charge is 2.75. The number of carbonyl (C=O) groups is 5. The zero-order valence-corrected chi connectivity index (χ0v) is 24.1. The first-order valence-corrected chi connectivity index (χ1v) is 13.6. The fourth-order valence-corrected chi connectivity index (χ4v) is 7.49. The number of ether oxygens (including phenoxy) is 6. The minimum atomic E-state index is -1.69. The number of halogens is 1. The second-order valence-electron chi connectivity index (χ2n) is 11.2. The van der Waals surface area contributed by atoms with Crippen molar-refractivity contribution in [3.05, 3.63) is 24.3 Å². The van der Waals surface area contributed by atoms with Gasteiger partial charge in [0.05, 0.1) is 16.7 Å². The molecule has 3 aliphatic heterocycles. The summed E-state index contributed by atoms with van der Waals surface area (Å²) < 4.78 is 36.0. The molecule has 4 aliphatic rings. The molecule has 0 radical (unpaired) electrons. The van der Waals surface area contributed by atoms with Crippen LogP contribution in [0.4, 0.5) is 0 Å². The Morgan fingerprint density at radius 3 is 2.02 bits per heavy atom. The summed E-state index contributed by atoms with van der Waals surface area (Å²) in [6, 6.07) is 0. The first-order chi connectivity index (χ1) is 18.6. The fourth-order valence-electron chi connectivity index (χ4n) is 7.12. The molecule has 0 aromatic rings. The molecule has 3 saturated heterocycles. The van der Waals surface area contributed by atoms with E-state index in [1.54, 1.807) is 13.8 Å². The molecule has 0 N–H and O–H groups in total. The minimum Gasteiger partial charge on any atom is -0.462 e. The van der Waals surface area contributed by atoms with Crippen LogP contribution in [0.25, 0.3) is 0 Å². The van der Waals surface area contributed by atoms with E-state index in [1.807, 2.05) is 0 Å². The Morgan fingerprint density at radius 2 is 1.48 bits per heavy atom.